The zero-order valence-corrected chi connectivity index (χ0v) is 11.9. The van der Waals surface area contributed by atoms with Crippen molar-refractivity contribution >= 4 is 5.91 Å². The van der Waals surface area contributed by atoms with Gasteiger partial charge in [-0.25, -0.2) is 0 Å². The van der Waals surface area contributed by atoms with E-state index in [9.17, 15) is 4.79 Å². The van der Waals surface area contributed by atoms with Gasteiger partial charge >= 0.3 is 0 Å². The van der Waals surface area contributed by atoms with E-state index in [1.165, 1.54) is 0 Å². The molecule has 0 radical (unpaired) electrons. The van der Waals surface area contributed by atoms with Gasteiger partial charge in [-0.15, -0.1) is 0 Å². The van der Waals surface area contributed by atoms with Crippen LogP contribution in [0.3, 0.4) is 0 Å². The highest BCUT2D eigenvalue weighted by Gasteiger charge is 2.40. The maximum Gasteiger partial charge on any atom is 0.228 e. The highest BCUT2D eigenvalue weighted by atomic mass is 16.5. The van der Waals surface area contributed by atoms with Crippen molar-refractivity contribution in [3.05, 3.63) is 0 Å². The molecule has 2 rings (SSSR count). The Kier molecular flexibility index (Phi) is 5.19. The molecule has 5 nitrogen and oxygen atoms in total. The lowest BCUT2D eigenvalue weighted by molar-refractivity contribution is -0.137. The van der Waals surface area contributed by atoms with Crippen molar-refractivity contribution in [3.63, 3.8) is 0 Å². The summed E-state index contributed by atoms with van der Waals surface area (Å²) < 4.78 is 5.30. The number of carbonyl (C=O) groups excluding carboxylic acids is 1. The first kappa shape index (κ1) is 14.8. The Hall–Kier alpha value is -0.650. The average molecular weight is 269 g/mol. The summed E-state index contributed by atoms with van der Waals surface area (Å²) in [6, 6.07) is 0.621. The lowest BCUT2D eigenvalue weighted by atomic mass is 9.78. The van der Waals surface area contributed by atoms with Gasteiger partial charge in [-0.3, -0.25) is 4.79 Å². The van der Waals surface area contributed by atoms with Crippen molar-refractivity contribution in [2.75, 3.05) is 26.8 Å². The Bertz CT molecular complexity index is 290. The standard InChI is InChI=1S/C14H27N3O2/c1-19-10-14(6-8-16-9-7-14)13(18)17-12-4-2-11(15)3-5-12/h11-12,16H,2-10,15H2,1H3,(H,17,18). The van der Waals surface area contributed by atoms with Crippen LogP contribution in [0.2, 0.25) is 0 Å². The molecule has 0 spiro atoms. The van der Waals surface area contributed by atoms with Crippen molar-refractivity contribution in [2.24, 2.45) is 11.1 Å². The normalized spacial score (nSPS) is 30.8. The molecule has 1 amide bonds. The summed E-state index contributed by atoms with van der Waals surface area (Å²) in [6.07, 6.45) is 5.77. The molecule has 0 unspecified atom stereocenters. The van der Waals surface area contributed by atoms with Gasteiger partial charge in [0.2, 0.25) is 5.91 Å². The summed E-state index contributed by atoms with van der Waals surface area (Å²) in [5.74, 6) is 0.177. The van der Waals surface area contributed by atoms with E-state index >= 15 is 0 Å². The van der Waals surface area contributed by atoms with Crippen molar-refractivity contribution in [1.29, 1.82) is 0 Å². The number of amides is 1. The van der Waals surface area contributed by atoms with E-state index in [0.717, 1.165) is 51.6 Å². The van der Waals surface area contributed by atoms with Crippen LogP contribution in [0.15, 0.2) is 0 Å². The average Bonchev–Trinajstić information content (AvgIpc) is 2.43. The fraction of sp³-hybridized carbons (Fsp3) is 0.929. The van der Waals surface area contributed by atoms with Crippen LogP contribution in [0.1, 0.15) is 38.5 Å². The minimum atomic E-state index is -0.334. The first-order chi connectivity index (χ1) is 9.16. The highest BCUT2D eigenvalue weighted by molar-refractivity contribution is 5.83. The molecule has 2 aliphatic rings. The second-order valence-electron chi connectivity index (χ2n) is 6.05. The number of methoxy groups -OCH3 is 1. The molecule has 1 saturated heterocycles. The zero-order chi connectivity index (χ0) is 13.7. The SMILES string of the molecule is COCC1(C(=O)NC2CCC(N)CC2)CCNCC1. The molecule has 0 bridgehead atoms. The second kappa shape index (κ2) is 6.68. The van der Waals surface area contributed by atoms with Gasteiger partial charge in [0, 0.05) is 19.2 Å². The van der Waals surface area contributed by atoms with Crippen LogP contribution >= 0.6 is 0 Å². The predicted molar refractivity (Wildman–Crippen MR) is 74.8 cm³/mol. The van der Waals surface area contributed by atoms with Crippen LogP contribution in [-0.4, -0.2) is 44.8 Å². The molecule has 1 aliphatic heterocycles. The van der Waals surface area contributed by atoms with E-state index in [0.29, 0.717) is 18.7 Å². The molecule has 5 heteroatoms. The summed E-state index contributed by atoms with van der Waals surface area (Å²) in [7, 11) is 1.68. The predicted octanol–water partition coefficient (Wildman–Crippen LogP) is 0.389. The van der Waals surface area contributed by atoms with Crippen molar-refractivity contribution in [3.8, 4) is 0 Å². The van der Waals surface area contributed by atoms with Gasteiger partial charge in [-0.2, -0.15) is 0 Å². The molecule has 0 aromatic carbocycles. The van der Waals surface area contributed by atoms with Crippen molar-refractivity contribution < 1.29 is 9.53 Å². The Morgan fingerprint density at radius 3 is 2.53 bits per heavy atom. The molecule has 0 aromatic rings. The lowest BCUT2D eigenvalue weighted by Gasteiger charge is -2.37. The minimum Gasteiger partial charge on any atom is -0.384 e. The number of hydrogen-bond acceptors (Lipinski definition) is 4. The first-order valence-corrected chi connectivity index (χ1v) is 7.42. The number of piperidine rings is 1. The molecule has 4 N–H and O–H groups in total. The fourth-order valence-corrected chi connectivity index (χ4v) is 3.22. The Labute approximate surface area is 115 Å². The molecular formula is C14H27N3O2. The van der Waals surface area contributed by atoms with Crippen LogP contribution in [0.5, 0.6) is 0 Å². The van der Waals surface area contributed by atoms with Crippen LogP contribution < -0.4 is 16.4 Å². The van der Waals surface area contributed by atoms with Crippen LogP contribution in [0.25, 0.3) is 0 Å². The maximum absolute atomic E-state index is 12.6. The Balaban J connectivity index is 1.92. The van der Waals surface area contributed by atoms with Crippen LogP contribution in [-0.2, 0) is 9.53 Å². The maximum atomic E-state index is 12.6. The van der Waals surface area contributed by atoms with Gasteiger partial charge in [0.15, 0.2) is 0 Å². The molecule has 19 heavy (non-hydrogen) atoms. The van der Waals surface area contributed by atoms with E-state index in [1.807, 2.05) is 0 Å². The molecule has 2 fully saturated rings. The van der Waals surface area contributed by atoms with E-state index in [2.05, 4.69) is 10.6 Å². The van der Waals surface area contributed by atoms with Gasteiger partial charge in [0.1, 0.15) is 0 Å². The topological polar surface area (TPSA) is 76.4 Å². The summed E-state index contributed by atoms with van der Waals surface area (Å²) in [5.41, 5.74) is 5.57. The van der Waals surface area contributed by atoms with E-state index in [1.54, 1.807) is 7.11 Å². The summed E-state index contributed by atoms with van der Waals surface area (Å²) in [6.45, 7) is 2.31. The number of rotatable bonds is 4. The third-order valence-corrected chi connectivity index (χ3v) is 4.57. The van der Waals surface area contributed by atoms with Gasteiger partial charge in [-0.1, -0.05) is 0 Å². The molecule has 1 aliphatic carbocycles. The minimum absolute atomic E-state index is 0.177. The fourth-order valence-electron chi connectivity index (χ4n) is 3.22. The van der Waals surface area contributed by atoms with Crippen molar-refractivity contribution in [2.45, 2.75) is 50.6 Å². The second-order valence-corrected chi connectivity index (χ2v) is 6.05. The van der Waals surface area contributed by atoms with Gasteiger partial charge in [-0.05, 0) is 51.6 Å². The number of ether oxygens (including phenoxy) is 1. The number of carbonyl (C=O) groups is 1. The molecular weight excluding hydrogens is 242 g/mol. The molecule has 110 valence electrons. The van der Waals surface area contributed by atoms with E-state index < -0.39 is 0 Å². The monoisotopic (exact) mass is 269 g/mol. The summed E-state index contributed by atoms with van der Waals surface area (Å²) in [5, 5.41) is 6.54. The first-order valence-electron chi connectivity index (χ1n) is 7.42. The Morgan fingerprint density at radius 1 is 1.32 bits per heavy atom. The molecule has 1 heterocycles. The third-order valence-electron chi connectivity index (χ3n) is 4.57. The summed E-state index contributed by atoms with van der Waals surface area (Å²) >= 11 is 0. The summed E-state index contributed by atoms with van der Waals surface area (Å²) in [4.78, 5) is 12.6. The van der Waals surface area contributed by atoms with E-state index in [4.69, 9.17) is 10.5 Å². The largest absolute Gasteiger partial charge is 0.384 e. The van der Waals surface area contributed by atoms with Crippen LogP contribution in [0, 0.1) is 5.41 Å². The Morgan fingerprint density at radius 2 is 1.95 bits per heavy atom. The van der Waals surface area contributed by atoms with E-state index in [-0.39, 0.29) is 11.3 Å². The quantitative estimate of drug-likeness (QED) is 0.690. The lowest BCUT2D eigenvalue weighted by Crippen LogP contribution is -2.53. The van der Waals surface area contributed by atoms with Gasteiger partial charge < -0.3 is 21.1 Å². The van der Waals surface area contributed by atoms with Crippen LogP contribution in [0.4, 0.5) is 0 Å². The highest BCUT2D eigenvalue weighted by Crippen LogP contribution is 2.30. The van der Waals surface area contributed by atoms with Gasteiger partial charge in [0.05, 0.1) is 12.0 Å². The molecule has 0 atom stereocenters. The number of nitrogens with one attached hydrogen (secondary N) is 2. The van der Waals surface area contributed by atoms with Crippen molar-refractivity contribution in [1.82, 2.24) is 10.6 Å². The number of hydrogen-bond donors (Lipinski definition) is 3. The smallest absolute Gasteiger partial charge is 0.228 e. The van der Waals surface area contributed by atoms with Gasteiger partial charge in [0.25, 0.3) is 0 Å². The molecule has 0 aromatic heterocycles. The zero-order valence-electron chi connectivity index (χ0n) is 11.9. The third kappa shape index (κ3) is 3.68. The number of nitrogens with two attached hydrogens (primary N) is 1. The molecule has 1 saturated carbocycles.